The second-order valence-electron chi connectivity index (χ2n) is 6.04. The quantitative estimate of drug-likeness (QED) is 0.864. The average molecular weight is 395 g/mol. The largest absolute Gasteiger partial charge is 0.478 e. The lowest BCUT2D eigenvalue weighted by Gasteiger charge is -2.20. The van der Waals surface area contributed by atoms with Gasteiger partial charge in [-0.1, -0.05) is 35.9 Å². The summed E-state index contributed by atoms with van der Waals surface area (Å²) >= 11 is 5.85. The molecule has 1 aliphatic heterocycles. The Kier molecular flexibility index (Phi) is 5.38. The van der Waals surface area contributed by atoms with Gasteiger partial charge in [-0.05, 0) is 29.8 Å². The molecule has 1 amide bonds. The van der Waals surface area contributed by atoms with E-state index in [2.05, 4.69) is 5.32 Å². The first-order chi connectivity index (χ1) is 12.3. The average Bonchev–Trinajstić information content (AvgIpc) is 2.80. The molecule has 1 heterocycles. The predicted octanol–water partition coefficient (Wildman–Crippen LogP) is 2.57. The first-order valence-electron chi connectivity index (χ1n) is 8.10. The molecule has 0 aromatic heterocycles. The second-order valence-corrected chi connectivity index (χ2v) is 8.39. The molecule has 138 valence electrons. The highest BCUT2D eigenvalue weighted by atomic mass is 35.5. The summed E-state index contributed by atoms with van der Waals surface area (Å²) in [5.41, 5.74) is 1.36. The summed E-state index contributed by atoms with van der Waals surface area (Å²) in [5.74, 6) is 0.0900. The number of ether oxygens (including phenoxy) is 1. The number of hydrogen-bond donors (Lipinski definition) is 1. The molecule has 1 atom stereocenters. The van der Waals surface area contributed by atoms with E-state index in [9.17, 15) is 13.2 Å². The van der Waals surface area contributed by atoms with Crippen LogP contribution in [0.2, 0.25) is 5.02 Å². The standard InChI is InChI=1S/C18H19ClN2O4S/c1-26(23,24)21-11-10-17(25-16-5-3-2-4-15(16)21)18(22)20-12-13-6-8-14(19)9-7-13/h2-9,17H,10-12H2,1H3,(H,20,22). The summed E-state index contributed by atoms with van der Waals surface area (Å²) in [5, 5.41) is 3.45. The van der Waals surface area contributed by atoms with Gasteiger partial charge in [-0.2, -0.15) is 0 Å². The number of anilines is 1. The van der Waals surface area contributed by atoms with E-state index in [-0.39, 0.29) is 18.9 Å². The van der Waals surface area contributed by atoms with Crippen LogP contribution in [0.5, 0.6) is 5.75 Å². The number of hydrogen-bond acceptors (Lipinski definition) is 4. The second kappa shape index (κ2) is 7.55. The van der Waals surface area contributed by atoms with Gasteiger partial charge in [0, 0.05) is 24.5 Å². The summed E-state index contributed by atoms with van der Waals surface area (Å²) in [6, 6.07) is 14.0. The van der Waals surface area contributed by atoms with Crippen molar-refractivity contribution in [3.05, 3.63) is 59.1 Å². The van der Waals surface area contributed by atoms with Crippen LogP contribution in [0, 0.1) is 0 Å². The summed E-state index contributed by atoms with van der Waals surface area (Å²) in [6.45, 7) is 0.516. The zero-order valence-electron chi connectivity index (χ0n) is 14.2. The van der Waals surface area contributed by atoms with E-state index >= 15 is 0 Å². The lowest BCUT2D eigenvalue weighted by Crippen LogP contribution is -2.39. The number of sulfonamides is 1. The molecule has 1 aliphatic rings. The van der Waals surface area contributed by atoms with Gasteiger partial charge in [-0.3, -0.25) is 9.10 Å². The molecule has 1 unspecified atom stereocenters. The van der Waals surface area contributed by atoms with Crippen LogP contribution in [0.25, 0.3) is 0 Å². The zero-order chi connectivity index (χ0) is 18.7. The fourth-order valence-electron chi connectivity index (χ4n) is 2.76. The Hall–Kier alpha value is -2.25. The van der Waals surface area contributed by atoms with E-state index in [0.29, 0.717) is 23.0 Å². The van der Waals surface area contributed by atoms with Crippen molar-refractivity contribution in [1.29, 1.82) is 0 Å². The molecule has 0 spiro atoms. The van der Waals surface area contributed by atoms with E-state index < -0.39 is 16.1 Å². The van der Waals surface area contributed by atoms with Gasteiger partial charge in [0.1, 0.15) is 5.75 Å². The Labute approximate surface area is 157 Å². The first-order valence-corrected chi connectivity index (χ1v) is 10.3. The molecule has 26 heavy (non-hydrogen) atoms. The van der Waals surface area contributed by atoms with Gasteiger partial charge in [-0.15, -0.1) is 0 Å². The minimum Gasteiger partial charge on any atom is -0.478 e. The number of carbonyl (C=O) groups excluding carboxylic acids is 1. The third-order valence-electron chi connectivity index (χ3n) is 4.07. The Morgan fingerprint density at radius 2 is 1.92 bits per heavy atom. The summed E-state index contributed by atoms with van der Waals surface area (Å²) < 4.78 is 31.2. The number of amides is 1. The maximum Gasteiger partial charge on any atom is 0.261 e. The molecular weight excluding hydrogens is 376 g/mol. The molecular formula is C18H19ClN2O4S. The van der Waals surface area contributed by atoms with Crippen molar-refractivity contribution in [3.63, 3.8) is 0 Å². The summed E-state index contributed by atoms with van der Waals surface area (Å²) in [4.78, 5) is 12.5. The number of nitrogens with zero attached hydrogens (tertiary/aromatic N) is 1. The number of nitrogens with one attached hydrogen (secondary N) is 1. The monoisotopic (exact) mass is 394 g/mol. The number of halogens is 1. The van der Waals surface area contributed by atoms with Crippen LogP contribution in [-0.4, -0.2) is 33.2 Å². The minimum absolute atomic E-state index is 0.175. The van der Waals surface area contributed by atoms with Crippen LogP contribution < -0.4 is 14.4 Å². The normalized spacial score (nSPS) is 17.0. The fraction of sp³-hybridized carbons (Fsp3) is 0.278. The van der Waals surface area contributed by atoms with Crippen molar-refractivity contribution in [2.24, 2.45) is 0 Å². The van der Waals surface area contributed by atoms with Gasteiger partial charge in [0.25, 0.3) is 5.91 Å². The molecule has 0 fully saturated rings. The van der Waals surface area contributed by atoms with Gasteiger partial charge in [-0.25, -0.2) is 8.42 Å². The van der Waals surface area contributed by atoms with Gasteiger partial charge >= 0.3 is 0 Å². The van der Waals surface area contributed by atoms with E-state index in [1.54, 1.807) is 36.4 Å². The molecule has 0 saturated heterocycles. The number of fused-ring (bicyclic) bond motifs is 1. The van der Waals surface area contributed by atoms with Crippen molar-refractivity contribution in [3.8, 4) is 5.75 Å². The highest BCUT2D eigenvalue weighted by Crippen LogP contribution is 2.33. The van der Waals surface area contributed by atoms with E-state index in [4.69, 9.17) is 16.3 Å². The predicted molar refractivity (Wildman–Crippen MR) is 101 cm³/mol. The lowest BCUT2D eigenvalue weighted by atomic mass is 10.2. The van der Waals surface area contributed by atoms with Crippen molar-refractivity contribution in [1.82, 2.24) is 5.32 Å². The fourth-order valence-corrected chi connectivity index (χ4v) is 3.84. The van der Waals surface area contributed by atoms with E-state index in [1.165, 1.54) is 4.31 Å². The van der Waals surface area contributed by atoms with Crippen LogP contribution in [-0.2, 0) is 21.4 Å². The maximum atomic E-state index is 12.5. The topological polar surface area (TPSA) is 75.7 Å². The molecule has 8 heteroatoms. The molecule has 0 radical (unpaired) electrons. The zero-order valence-corrected chi connectivity index (χ0v) is 15.8. The third kappa shape index (κ3) is 4.28. The molecule has 6 nitrogen and oxygen atoms in total. The SMILES string of the molecule is CS(=O)(=O)N1CCC(C(=O)NCc2ccc(Cl)cc2)Oc2ccccc21. The summed E-state index contributed by atoms with van der Waals surface area (Å²) in [6.07, 6.45) is 0.633. The van der Waals surface area contributed by atoms with Crippen LogP contribution in [0.4, 0.5) is 5.69 Å². The van der Waals surface area contributed by atoms with Crippen molar-refractivity contribution in [2.75, 3.05) is 17.1 Å². The number of carbonyl (C=O) groups is 1. The van der Waals surface area contributed by atoms with E-state index in [0.717, 1.165) is 11.8 Å². The van der Waals surface area contributed by atoms with Gasteiger partial charge < -0.3 is 10.1 Å². The van der Waals surface area contributed by atoms with Crippen molar-refractivity contribution >= 4 is 33.2 Å². The van der Waals surface area contributed by atoms with Crippen molar-refractivity contribution in [2.45, 2.75) is 19.1 Å². The van der Waals surface area contributed by atoms with Gasteiger partial charge in [0.15, 0.2) is 6.10 Å². The molecule has 2 aromatic carbocycles. The molecule has 0 bridgehead atoms. The maximum absolute atomic E-state index is 12.5. The molecule has 0 saturated carbocycles. The van der Waals surface area contributed by atoms with E-state index in [1.807, 2.05) is 12.1 Å². The third-order valence-corrected chi connectivity index (χ3v) is 5.50. The number of benzene rings is 2. The van der Waals surface area contributed by atoms with Crippen LogP contribution in [0.3, 0.4) is 0 Å². The van der Waals surface area contributed by atoms with Gasteiger partial charge in [0.2, 0.25) is 10.0 Å². The summed E-state index contributed by atoms with van der Waals surface area (Å²) in [7, 11) is -3.46. The molecule has 0 aliphatic carbocycles. The minimum atomic E-state index is -3.46. The number of para-hydroxylation sites is 2. The number of rotatable bonds is 4. The lowest BCUT2D eigenvalue weighted by molar-refractivity contribution is -0.128. The van der Waals surface area contributed by atoms with Gasteiger partial charge in [0.05, 0.1) is 11.9 Å². The first kappa shape index (κ1) is 18.5. The Bertz CT molecular complexity index is 900. The Morgan fingerprint density at radius 3 is 2.62 bits per heavy atom. The highest BCUT2D eigenvalue weighted by molar-refractivity contribution is 7.92. The van der Waals surface area contributed by atoms with Crippen LogP contribution in [0.1, 0.15) is 12.0 Å². The van der Waals surface area contributed by atoms with Crippen LogP contribution >= 0.6 is 11.6 Å². The molecule has 3 rings (SSSR count). The van der Waals surface area contributed by atoms with Crippen LogP contribution in [0.15, 0.2) is 48.5 Å². The smallest absolute Gasteiger partial charge is 0.261 e. The molecule has 2 aromatic rings. The Balaban J connectivity index is 1.74. The van der Waals surface area contributed by atoms with Crippen molar-refractivity contribution < 1.29 is 17.9 Å². The molecule has 1 N–H and O–H groups in total. The Morgan fingerprint density at radius 1 is 1.23 bits per heavy atom. The highest BCUT2D eigenvalue weighted by Gasteiger charge is 2.30.